The summed E-state index contributed by atoms with van der Waals surface area (Å²) < 4.78 is 0. The molecule has 1 saturated carbocycles. The highest BCUT2D eigenvalue weighted by molar-refractivity contribution is 6.08. The predicted molar refractivity (Wildman–Crippen MR) is 79.1 cm³/mol. The minimum absolute atomic E-state index is 0.158. The third kappa shape index (κ3) is 3.25. The van der Waals surface area contributed by atoms with Crippen molar-refractivity contribution >= 4 is 17.5 Å². The van der Waals surface area contributed by atoms with Crippen molar-refractivity contribution in [3.05, 3.63) is 59.9 Å². The minimum Gasteiger partial charge on any atom is -0.349 e. The minimum atomic E-state index is -0.331. The summed E-state index contributed by atoms with van der Waals surface area (Å²) in [6.07, 6.45) is 3.60. The summed E-state index contributed by atoms with van der Waals surface area (Å²) in [7, 11) is 0. The molecule has 0 saturated heterocycles. The number of rotatable bonds is 4. The molecule has 0 radical (unpaired) electrons. The average Bonchev–Trinajstić information content (AvgIpc) is 3.32. The van der Waals surface area contributed by atoms with Gasteiger partial charge in [0.25, 0.3) is 11.8 Å². The first-order valence-electron chi connectivity index (χ1n) is 6.86. The first kappa shape index (κ1) is 13.3. The van der Waals surface area contributed by atoms with Crippen LogP contribution in [0.1, 0.15) is 33.7 Å². The van der Waals surface area contributed by atoms with Crippen LogP contribution in [-0.4, -0.2) is 22.8 Å². The van der Waals surface area contributed by atoms with Crippen LogP contribution >= 0.6 is 0 Å². The Labute approximate surface area is 122 Å². The van der Waals surface area contributed by atoms with Gasteiger partial charge in [-0.1, -0.05) is 18.2 Å². The van der Waals surface area contributed by atoms with Gasteiger partial charge in [0.05, 0.1) is 11.3 Å². The van der Waals surface area contributed by atoms with Gasteiger partial charge in [0.2, 0.25) is 0 Å². The number of hydrogen-bond acceptors (Lipinski definition) is 3. The van der Waals surface area contributed by atoms with Gasteiger partial charge in [-0.05, 0) is 37.1 Å². The van der Waals surface area contributed by atoms with Crippen LogP contribution in [0.25, 0.3) is 0 Å². The van der Waals surface area contributed by atoms with Gasteiger partial charge < -0.3 is 10.6 Å². The van der Waals surface area contributed by atoms with Gasteiger partial charge in [-0.2, -0.15) is 0 Å². The van der Waals surface area contributed by atoms with E-state index in [1.807, 2.05) is 0 Å². The lowest BCUT2D eigenvalue weighted by Gasteiger charge is -2.10. The molecule has 0 bridgehead atoms. The van der Waals surface area contributed by atoms with Crippen LogP contribution in [0.2, 0.25) is 0 Å². The molecule has 21 heavy (non-hydrogen) atoms. The Morgan fingerprint density at radius 1 is 1.00 bits per heavy atom. The Kier molecular flexibility index (Phi) is 3.64. The van der Waals surface area contributed by atoms with E-state index in [4.69, 9.17) is 0 Å². The van der Waals surface area contributed by atoms with Gasteiger partial charge in [0.1, 0.15) is 5.69 Å². The Bertz CT molecular complexity index is 666. The SMILES string of the molecule is O=C(Nc1ccccc1C(=O)NC1CC1)c1ccccn1. The number of pyridine rings is 1. The van der Waals surface area contributed by atoms with Crippen LogP contribution < -0.4 is 10.6 Å². The van der Waals surface area contributed by atoms with Crippen LogP contribution in [0.15, 0.2) is 48.7 Å². The third-order valence-electron chi connectivity index (χ3n) is 3.23. The van der Waals surface area contributed by atoms with Crippen molar-refractivity contribution in [3.8, 4) is 0 Å². The molecule has 0 unspecified atom stereocenters. The lowest BCUT2D eigenvalue weighted by molar-refractivity contribution is 0.0952. The zero-order valence-electron chi connectivity index (χ0n) is 11.4. The Hall–Kier alpha value is -2.69. The maximum absolute atomic E-state index is 12.2. The quantitative estimate of drug-likeness (QED) is 0.902. The second-order valence-corrected chi connectivity index (χ2v) is 4.96. The average molecular weight is 281 g/mol. The van der Waals surface area contributed by atoms with E-state index < -0.39 is 0 Å². The number of carbonyl (C=O) groups excluding carboxylic acids is 2. The first-order chi connectivity index (χ1) is 10.2. The molecule has 5 nitrogen and oxygen atoms in total. The van der Waals surface area contributed by atoms with Gasteiger partial charge >= 0.3 is 0 Å². The van der Waals surface area contributed by atoms with Crippen molar-refractivity contribution in [2.75, 3.05) is 5.32 Å². The highest BCUT2D eigenvalue weighted by atomic mass is 16.2. The van der Waals surface area contributed by atoms with Crippen molar-refractivity contribution in [2.45, 2.75) is 18.9 Å². The molecule has 1 aromatic carbocycles. The normalized spacial score (nSPS) is 13.5. The summed E-state index contributed by atoms with van der Waals surface area (Å²) in [4.78, 5) is 28.3. The number of hydrogen-bond donors (Lipinski definition) is 2. The molecule has 106 valence electrons. The maximum atomic E-state index is 12.2. The molecule has 0 atom stereocenters. The molecule has 1 aliphatic carbocycles. The monoisotopic (exact) mass is 281 g/mol. The van der Waals surface area contributed by atoms with E-state index in [-0.39, 0.29) is 17.9 Å². The number of carbonyl (C=O) groups is 2. The second kappa shape index (κ2) is 5.75. The molecule has 2 aromatic rings. The number of anilines is 1. The lowest BCUT2D eigenvalue weighted by atomic mass is 10.1. The van der Waals surface area contributed by atoms with Crippen LogP contribution in [0.4, 0.5) is 5.69 Å². The number of nitrogens with zero attached hydrogens (tertiary/aromatic N) is 1. The van der Waals surface area contributed by atoms with Gasteiger partial charge in [-0.15, -0.1) is 0 Å². The maximum Gasteiger partial charge on any atom is 0.274 e. The van der Waals surface area contributed by atoms with E-state index >= 15 is 0 Å². The van der Waals surface area contributed by atoms with Crippen molar-refractivity contribution in [1.82, 2.24) is 10.3 Å². The van der Waals surface area contributed by atoms with E-state index in [9.17, 15) is 9.59 Å². The van der Waals surface area contributed by atoms with Crippen LogP contribution in [-0.2, 0) is 0 Å². The summed E-state index contributed by atoms with van der Waals surface area (Å²) >= 11 is 0. The molecule has 5 heteroatoms. The number of aromatic nitrogens is 1. The van der Waals surface area contributed by atoms with E-state index in [1.165, 1.54) is 0 Å². The van der Waals surface area contributed by atoms with Gasteiger partial charge in [0, 0.05) is 12.2 Å². The fourth-order valence-electron chi connectivity index (χ4n) is 1.96. The van der Waals surface area contributed by atoms with E-state index in [2.05, 4.69) is 15.6 Å². The Morgan fingerprint density at radius 3 is 2.48 bits per heavy atom. The molecule has 1 aromatic heterocycles. The molecular formula is C16H15N3O2. The van der Waals surface area contributed by atoms with Crippen LogP contribution in [0.3, 0.4) is 0 Å². The topological polar surface area (TPSA) is 71.1 Å². The van der Waals surface area contributed by atoms with Crippen LogP contribution in [0.5, 0.6) is 0 Å². The van der Waals surface area contributed by atoms with Gasteiger partial charge in [-0.25, -0.2) is 0 Å². The number of para-hydroxylation sites is 1. The van der Waals surface area contributed by atoms with Crippen molar-refractivity contribution in [2.24, 2.45) is 0 Å². The van der Waals surface area contributed by atoms with E-state index in [0.717, 1.165) is 12.8 Å². The van der Waals surface area contributed by atoms with Crippen molar-refractivity contribution < 1.29 is 9.59 Å². The molecule has 1 aliphatic rings. The summed E-state index contributed by atoms with van der Waals surface area (Å²) in [5, 5.41) is 5.66. The smallest absolute Gasteiger partial charge is 0.274 e. The highest BCUT2D eigenvalue weighted by Gasteiger charge is 2.25. The molecule has 0 aliphatic heterocycles. The fourth-order valence-corrected chi connectivity index (χ4v) is 1.96. The Balaban J connectivity index is 1.78. The first-order valence-corrected chi connectivity index (χ1v) is 6.86. The summed E-state index contributed by atoms with van der Waals surface area (Å²) in [5.41, 5.74) is 1.27. The predicted octanol–water partition coefficient (Wildman–Crippen LogP) is 2.23. The molecule has 1 heterocycles. The summed E-state index contributed by atoms with van der Waals surface area (Å²) in [6, 6.07) is 12.4. The van der Waals surface area contributed by atoms with Crippen LogP contribution in [0, 0.1) is 0 Å². The molecule has 2 amide bonds. The van der Waals surface area contributed by atoms with Gasteiger partial charge in [0.15, 0.2) is 0 Å². The number of nitrogens with one attached hydrogen (secondary N) is 2. The Morgan fingerprint density at radius 2 is 1.76 bits per heavy atom. The second-order valence-electron chi connectivity index (χ2n) is 4.96. The third-order valence-corrected chi connectivity index (χ3v) is 3.23. The van der Waals surface area contributed by atoms with E-state index in [1.54, 1.807) is 48.7 Å². The molecular weight excluding hydrogens is 266 g/mol. The summed E-state index contributed by atoms with van der Waals surface area (Å²) in [6.45, 7) is 0. The standard InChI is InChI=1S/C16H15N3O2/c20-15(18-11-8-9-11)12-5-1-2-6-13(12)19-16(21)14-7-3-4-10-17-14/h1-7,10-11H,8-9H2,(H,18,20)(H,19,21). The molecule has 0 spiro atoms. The van der Waals surface area contributed by atoms with Crippen molar-refractivity contribution in [3.63, 3.8) is 0 Å². The van der Waals surface area contributed by atoms with Gasteiger partial charge in [-0.3, -0.25) is 14.6 Å². The fraction of sp³-hybridized carbons (Fsp3) is 0.188. The number of benzene rings is 1. The van der Waals surface area contributed by atoms with Crippen molar-refractivity contribution in [1.29, 1.82) is 0 Å². The van der Waals surface area contributed by atoms with E-state index in [0.29, 0.717) is 16.9 Å². The largest absolute Gasteiger partial charge is 0.349 e. The lowest BCUT2D eigenvalue weighted by Crippen LogP contribution is -2.27. The highest BCUT2D eigenvalue weighted by Crippen LogP contribution is 2.21. The number of amides is 2. The molecule has 2 N–H and O–H groups in total. The molecule has 1 fully saturated rings. The zero-order chi connectivity index (χ0) is 14.7. The summed E-state index contributed by atoms with van der Waals surface area (Å²) in [5.74, 6) is -0.489. The molecule has 3 rings (SSSR count). The zero-order valence-corrected chi connectivity index (χ0v) is 11.4.